The maximum atomic E-state index is 6.03. The first-order valence-electron chi connectivity index (χ1n) is 12.2. The van der Waals surface area contributed by atoms with Crippen LogP contribution in [-0.4, -0.2) is 77.4 Å². The smallest absolute Gasteiger partial charge is 0.317 e. The number of anilines is 3. The van der Waals surface area contributed by atoms with Crippen LogP contribution in [0.15, 0.2) is 30.6 Å². The first-order chi connectivity index (χ1) is 17.0. The van der Waals surface area contributed by atoms with Crippen molar-refractivity contribution in [2.75, 3.05) is 50.6 Å². The fourth-order valence-corrected chi connectivity index (χ4v) is 5.29. The summed E-state index contributed by atoms with van der Waals surface area (Å²) in [5, 5.41) is 4.10. The average Bonchev–Trinajstić information content (AvgIpc) is 3.33. The quantitative estimate of drug-likeness (QED) is 0.519. The Bertz CT molecular complexity index is 1110. The van der Waals surface area contributed by atoms with Crippen molar-refractivity contribution in [3.63, 3.8) is 0 Å². The molecule has 0 radical (unpaired) electrons. The highest BCUT2D eigenvalue weighted by Crippen LogP contribution is 2.31. The van der Waals surface area contributed by atoms with Gasteiger partial charge in [0.2, 0.25) is 0 Å². The summed E-state index contributed by atoms with van der Waals surface area (Å²) < 4.78 is 11.4. The average molecular weight is 496 g/mol. The molecule has 2 aliphatic heterocycles. The van der Waals surface area contributed by atoms with Crippen molar-refractivity contribution < 1.29 is 9.47 Å². The Morgan fingerprint density at radius 1 is 1.06 bits per heavy atom. The van der Waals surface area contributed by atoms with Crippen LogP contribution in [0.4, 0.5) is 16.6 Å². The van der Waals surface area contributed by atoms with Crippen molar-refractivity contribution in [1.29, 1.82) is 0 Å². The van der Waals surface area contributed by atoms with E-state index in [4.69, 9.17) is 9.47 Å². The molecule has 0 spiro atoms. The number of aromatic nitrogens is 4. The van der Waals surface area contributed by atoms with E-state index >= 15 is 0 Å². The zero-order valence-electron chi connectivity index (χ0n) is 20.6. The molecule has 186 valence electrons. The van der Waals surface area contributed by atoms with Crippen molar-refractivity contribution in [2.45, 2.75) is 44.8 Å². The summed E-state index contributed by atoms with van der Waals surface area (Å²) in [5.74, 6) is 0.778. The molecule has 10 heteroatoms. The van der Waals surface area contributed by atoms with E-state index in [2.05, 4.69) is 55.2 Å². The number of rotatable bonds is 7. The van der Waals surface area contributed by atoms with Gasteiger partial charge in [0, 0.05) is 43.9 Å². The van der Waals surface area contributed by atoms with Crippen LogP contribution in [0, 0.1) is 6.92 Å². The molecule has 0 aromatic carbocycles. The van der Waals surface area contributed by atoms with E-state index in [0.717, 1.165) is 66.4 Å². The van der Waals surface area contributed by atoms with Gasteiger partial charge in [0.1, 0.15) is 11.9 Å². The molecule has 2 fully saturated rings. The highest BCUT2D eigenvalue weighted by molar-refractivity contribution is 7.18. The van der Waals surface area contributed by atoms with E-state index < -0.39 is 0 Å². The standard InChI is InChI=1S/C25H33N7O2S/c1-17-14-21(29-24(28-17)34-20-8-12-33-13-9-20)22-16-27-25(35-22)30-23-5-4-19(15-26-23)32-10-6-18(7-11-32)31(2)3/h4-5,14-16,18,20H,6-13H2,1-3H3,(H,26,27,30). The third-order valence-electron chi connectivity index (χ3n) is 6.58. The van der Waals surface area contributed by atoms with Gasteiger partial charge < -0.3 is 24.6 Å². The Morgan fingerprint density at radius 2 is 1.86 bits per heavy atom. The van der Waals surface area contributed by atoms with Crippen molar-refractivity contribution in [3.05, 3.63) is 36.3 Å². The van der Waals surface area contributed by atoms with Gasteiger partial charge in [0.05, 0.1) is 35.7 Å². The van der Waals surface area contributed by atoms with Gasteiger partial charge in [-0.25, -0.2) is 15.0 Å². The summed E-state index contributed by atoms with van der Waals surface area (Å²) in [4.78, 5) is 24.0. The highest BCUT2D eigenvalue weighted by Gasteiger charge is 2.21. The predicted octanol–water partition coefficient (Wildman–Crippen LogP) is 4.14. The lowest BCUT2D eigenvalue weighted by Gasteiger charge is -2.36. The molecule has 3 aromatic rings. The number of nitrogens with one attached hydrogen (secondary N) is 1. The van der Waals surface area contributed by atoms with Crippen LogP contribution in [0.25, 0.3) is 10.6 Å². The summed E-state index contributed by atoms with van der Waals surface area (Å²) in [6.07, 6.45) is 7.96. The van der Waals surface area contributed by atoms with E-state index in [1.165, 1.54) is 29.9 Å². The number of pyridine rings is 1. The van der Waals surface area contributed by atoms with Crippen LogP contribution < -0.4 is 15.0 Å². The minimum absolute atomic E-state index is 0.102. The van der Waals surface area contributed by atoms with Gasteiger partial charge in [0.15, 0.2) is 5.13 Å². The normalized spacial score (nSPS) is 17.7. The Kier molecular flexibility index (Phi) is 7.40. The van der Waals surface area contributed by atoms with Crippen LogP contribution >= 0.6 is 11.3 Å². The number of ether oxygens (including phenoxy) is 2. The summed E-state index contributed by atoms with van der Waals surface area (Å²) >= 11 is 1.54. The molecule has 0 amide bonds. The van der Waals surface area contributed by atoms with Gasteiger partial charge in [-0.1, -0.05) is 11.3 Å². The Morgan fingerprint density at radius 3 is 2.57 bits per heavy atom. The molecule has 5 rings (SSSR count). The lowest BCUT2D eigenvalue weighted by atomic mass is 10.0. The van der Waals surface area contributed by atoms with Crippen LogP contribution in [0.3, 0.4) is 0 Å². The number of hydrogen-bond acceptors (Lipinski definition) is 10. The number of thiazole rings is 1. The van der Waals surface area contributed by atoms with E-state index in [1.807, 2.05) is 31.5 Å². The number of nitrogens with zero attached hydrogens (tertiary/aromatic N) is 6. The largest absolute Gasteiger partial charge is 0.460 e. The Balaban J connectivity index is 1.21. The molecule has 0 bridgehead atoms. The van der Waals surface area contributed by atoms with Crippen molar-refractivity contribution in [3.8, 4) is 16.6 Å². The second-order valence-corrected chi connectivity index (χ2v) is 10.4. The van der Waals surface area contributed by atoms with E-state index in [-0.39, 0.29) is 6.10 Å². The van der Waals surface area contributed by atoms with E-state index in [1.54, 1.807) is 0 Å². The van der Waals surface area contributed by atoms with Crippen molar-refractivity contribution in [1.82, 2.24) is 24.8 Å². The first kappa shape index (κ1) is 23.9. The van der Waals surface area contributed by atoms with Gasteiger partial charge in [0.25, 0.3) is 0 Å². The molecule has 35 heavy (non-hydrogen) atoms. The van der Waals surface area contributed by atoms with Crippen molar-refractivity contribution >= 4 is 28.0 Å². The number of aryl methyl sites for hydroxylation is 1. The second kappa shape index (κ2) is 10.8. The lowest BCUT2D eigenvalue weighted by Crippen LogP contribution is -2.42. The molecule has 0 atom stereocenters. The fourth-order valence-electron chi connectivity index (χ4n) is 4.51. The minimum Gasteiger partial charge on any atom is -0.460 e. The van der Waals surface area contributed by atoms with Crippen LogP contribution in [0.2, 0.25) is 0 Å². The molecular formula is C25H33N7O2S. The van der Waals surface area contributed by atoms with Gasteiger partial charge in [-0.15, -0.1) is 0 Å². The Labute approximate surface area is 210 Å². The van der Waals surface area contributed by atoms with Gasteiger partial charge in [-0.3, -0.25) is 0 Å². The maximum absolute atomic E-state index is 6.03. The maximum Gasteiger partial charge on any atom is 0.317 e. The van der Waals surface area contributed by atoms with E-state index in [0.29, 0.717) is 12.1 Å². The molecule has 2 aliphatic rings. The monoisotopic (exact) mass is 495 g/mol. The van der Waals surface area contributed by atoms with Crippen molar-refractivity contribution in [2.24, 2.45) is 0 Å². The summed E-state index contributed by atoms with van der Waals surface area (Å²) in [6, 6.07) is 7.20. The van der Waals surface area contributed by atoms with Gasteiger partial charge in [-0.05, 0) is 52.1 Å². The lowest BCUT2D eigenvalue weighted by molar-refractivity contribution is 0.0217. The van der Waals surface area contributed by atoms with Gasteiger partial charge >= 0.3 is 6.01 Å². The molecule has 2 saturated heterocycles. The van der Waals surface area contributed by atoms with E-state index in [9.17, 15) is 0 Å². The zero-order chi connectivity index (χ0) is 24.2. The molecule has 5 heterocycles. The molecule has 0 aliphatic carbocycles. The third-order valence-corrected chi connectivity index (χ3v) is 7.51. The zero-order valence-corrected chi connectivity index (χ0v) is 21.4. The predicted molar refractivity (Wildman–Crippen MR) is 139 cm³/mol. The molecule has 1 N–H and O–H groups in total. The molecule has 3 aromatic heterocycles. The molecular weight excluding hydrogens is 462 g/mol. The van der Waals surface area contributed by atoms with Crippen LogP contribution in [0.5, 0.6) is 6.01 Å². The number of piperidine rings is 1. The SMILES string of the molecule is Cc1cc(-c2cnc(Nc3ccc(N4CCC(N(C)C)CC4)cn3)s2)nc(OC2CCOCC2)n1. The fraction of sp³-hybridized carbons (Fsp3) is 0.520. The second-order valence-electron chi connectivity index (χ2n) is 9.34. The third kappa shape index (κ3) is 6.06. The summed E-state index contributed by atoms with van der Waals surface area (Å²) in [7, 11) is 4.33. The number of hydrogen-bond donors (Lipinski definition) is 1. The van der Waals surface area contributed by atoms with Gasteiger partial charge in [-0.2, -0.15) is 4.98 Å². The van der Waals surface area contributed by atoms with Crippen LogP contribution in [0.1, 0.15) is 31.4 Å². The minimum atomic E-state index is 0.102. The molecule has 0 unspecified atom stereocenters. The van der Waals surface area contributed by atoms with Crippen LogP contribution in [-0.2, 0) is 4.74 Å². The Hall–Kier alpha value is -2.82. The molecule has 9 nitrogen and oxygen atoms in total. The highest BCUT2D eigenvalue weighted by atomic mass is 32.1. The summed E-state index contributed by atoms with van der Waals surface area (Å²) in [6.45, 7) is 5.52. The first-order valence-corrected chi connectivity index (χ1v) is 13.1. The molecule has 0 saturated carbocycles. The topological polar surface area (TPSA) is 88.5 Å². The summed E-state index contributed by atoms with van der Waals surface area (Å²) in [5.41, 5.74) is 2.85.